The molecule has 0 radical (unpaired) electrons. The van der Waals surface area contributed by atoms with Gasteiger partial charge < -0.3 is 9.47 Å². The van der Waals surface area contributed by atoms with Crippen LogP contribution in [0.3, 0.4) is 0 Å². The summed E-state index contributed by atoms with van der Waals surface area (Å²) in [4.78, 5) is 15.6. The fourth-order valence-corrected chi connectivity index (χ4v) is 4.00. The fraction of sp³-hybridized carbons (Fsp3) is 0.200. The summed E-state index contributed by atoms with van der Waals surface area (Å²) in [5.74, 6) is 0.517. The molecule has 0 fully saturated rings. The maximum absolute atomic E-state index is 11.8. The first-order valence-corrected chi connectivity index (χ1v) is 10.3. The smallest absolute Gasteiger partial charge is 0.250 e. The molecule has 7 heteroatoms. The maximum Gasteiger partial charge on any atom is 0.250 e. The SMILES string of the molecule is CC(=N)N1C(=N)[C@H](C)CN(c2ccc(C#N)cc2)c2cc(-c3ccc(=O)n(C)c3)ccc21. The molecular formula is C25H24N6O. The zero-order chi connectivity index (χ0) is 23.0. The summed E-state index contributed by atoms with van der Waals surface area (Å²) in [6.45, 7) is 4.22. The van der Waals surface area contributed by atoms with Crippen molar-refractivity contribution in [1.29, 1.82) is 16.1 Å². The van der Waals surface area contributed by atoms with Gasteiger partial charge in [-0.1, -0.05) is 13.0 Å². The van der Waals surface area contributed by atoms with Crippen LogP contribution in [0.25, 0.3) is 11.1 Å². The topological polar surface area (TPSA) is 100.0 Å². The van der Waals surface area contributed by atoms with Crippen LogP contribution in [0.2, 0.25) is 0 Å². The molecule has 1 aromatic heterocycles. The zero-order valence-electron chi connectivity index (χ0n) is 18.3. The number of nitrogens with zero attached hydrogens (tertiary/aromatic N) is 4. The molecule has 1 atom stereocenters. The van der Waals surface area contributed by atoms with Gasteiger partial charge in [0.15, 0.2) is 0 Å². The predicted molar refractivity (Wildman–Crippen MR) is 128 cm³/mol. The molecule has 0 amide bonds. The maximum atomic E-state index is 11.8. The summed E-state index contributed by atoms with van der Waals surface area (Å²) >= 11 is 0. The van der Waals surface area contributed by atoms with Crippen molar-refractivity contribution in [2.75, 3.05) is 16.3 Å². The number of rotatable bonds is 2. The highest BCUT2D eigenvalue weighted by Crippen LogP contribution is 2.41. The van der Waals surface area contributed by atoms with E-state index in [0.29, 0.717) is 17.9 Å². The molecule has 32 heavy (non-hydrogen) atoms. The summed E-state index contributed by atoms with van der Waals surface area (Å²) in [7, 11) is 1.72. The predicted octanol–water partition coefficient (Wildman–Crippen LogP) is 4.49. The molecule has 1 aliphatic heterocycles. The van der Waals surface area contributed by atoms with Gasteiger partial charge in [-0.3, -0.25) is 20.5 Å². The number of hydrogen-bond donors (Lipinski definition) is 2. The van der Waals surface area contributed by atoms with E-state index in [1.165, 1.54) is 0 Å². The number of pyridine rings is 1. The summed E-state index contributed by atoms with van der Waals surface area (Å²) in [6, 6.07) is 18.8. The number of amidine groups is 2. The lowest BCUT2D eigenvalue weighted by atomic mass is 10.0. The molecule has 2 aromatic carbocycles. The summed E-state index contributed by atoms with van der Waals surface area (Å²) in [6.07, 6.45) is 1.80. The van der Waals surface area contributed by atoms with Gasteiger partial charge in [0.1, 0.15) is 11.7 Å². The van der Waals surface area contributed by atoms with Crippen molar-refractivity contribution in [3.8, 4) is 17.2 Å². The third-order valence-electron chi connectivity index (χ3n) is 5.73. The highest BCUT2D eigenvalue weighted by atomic mass is 16.1. The molecule has 0 spiro atoms. The second-order valence-electron chi connectivity index (χ2n) is 8.05. The van der Waals surface area contributed by atoms with Crippen LogP contribution < -0.4 is 15.4 Å². The normalized spacial score (nSPS) is 15.7. The lowest BCUT2D eigenvalue weighted by Gasteiger charge is -2.27. The van der Waals surface area contributed by atoms with Crippen molar-refractivity contribution in [3.05, 3.63) is 76.7 Å². The number of nitrogens with one attached hydrogen (secondary N) is 2. The Bertz CT molecular complexity index is 1320. The molecule has 0 saturated carbocycles. The fourth-order valence-electron chi connectivity index (χ4n) is 4.00. The van der Waals surface area contributed by atoms with Crippen LogP contribution >= 0.6 is 0 Å². The molecule has 3 aromatic rings. The Morgan fingerprint density at radius 2 is 1.75 bits per heavy atom. The summed E-state index contributed by atoms with van der Waals surface area (Å²) in [5.41, 5.74) is 4.87. The van der Waals surface area contributed by atoms with E-state index in [1.807, 2.05) is 37.3 Å². The van der Waals surface area contributed by atoms with Gasteiger partial charge in [0.25, 0.3) is 0 Å². The molecule has 2 N–H and O–H groups in total. The Balaban J connectivity index is 1.94. The number of hydrogen-bond acceptors (Lipinski definition) is 5. The van der Waals surface area contributed by atoms with Gasteiger partial charge in [0.2, 0.25) is 5.56 Å². The van der Waals surface area contributed by atoms with E-state index in [2.05, 4.69) is 11.0 Å². The first-order chi connectivity index (χ1) is 15.3. The second-order valence-corrected chi connectivity index (χ2v) is 8.05. The average Bonchev–Trinajstić information content (AvgIpc) is 2.89. The third-order valence-corrected chi connectivity index (χ3v) is 5.73. The molecule has 0 aliphatic carbocycles. The lowest BCUT2D eigenvalue weighted by Crippen LogP contribution is -2.38. The van der Waals surface area contributed by atoms with Crippen LogP contribution in [-0.2, 0) is 7.05 Å². The lowest BCUT2D eigenvalue weighted by molar-refractivity contribution is 0.757. The van der Waals surface area contributed by atoms with Crippen LogP contribution in [0.4, 0.5) is 17.1 Å². The molecule has 7 nitrogen and oxygen atoms in total. The van der Waals surface area contributed by atoms with Crippen LogP contribution in [0, 0.1) is 28.1 Å². The van der Waals surface area contributed by atoms with Crippen LogP contribution in [0.15, 0.2) is 65.6 Å². The molecule has 2 heterocycles. The number of benzene rings is 2. The summed E-state index contributed by atoms with van der Waals surface area (Å²) in [5, 5.41) is 26.2. The van der Waals surface area contributed by atoms with Gasteiger partial charge in [-0.2, -0.15) is 5.26 Å². The van der Waals surface area contributed by atoms with E-state index in [0.717, 1.165) is 28.2 Å². The molecular weight excluding hydrogens is 400 g/mol. The molecule has 160 valence electrons. The molecule has 0 unspecified atom stereocenters. The minimum atomic E-state index is -0.126. The van der Waals surface area contributed by atoms with E-state index >= 15 is 0 Å². The van der Waals surface area contributed by atoms with Gasteiger partial charge in [-0.05, 0) is 60.5 Å². The van der Waals surface area contributed by atoms with Crippen molar-refractivity contribution < 1.29 is 0 Å². The highest BCUT2D eigenvalue weighted by Gasteiger charge is 2.31. The van der Waals surface area contributed by atoms with Crippen LogP contribution in [0.1, 0.15) is 19.4 Å². The number of anilines is 3. The molecule has 0 bridgehead atoms. The Labute approximate surface area is 186 Å². The van der Waals surface area contributed by atoms with E-state index in [9.17, 15) is 10.1 Å². The van der Waals surface area contributed by atoms with E-state index < -0.39 is 0 Å². The van der Waals surface area contributed by atoms with E-state index in [-0.39, 0.29) is 17.3 Å². The Morgan fingerprint density at radius 3 is 2.38 bits per heavy atom. The first kappa shape index (κ1) is 21.1. The van der Waals surface area contributed by atoms with Gasteiger partial charge in [0.05, 0.1) is 23.0 Å². The minimum Gasteiger partial charge on any atom is -0.339 e. The van der Waals surface area contributed by atoms with Crippen LogP contribution in [0.5, 0.6) is 0 Å². The number of nitriles is 1. The standard InChI is InChI=1S/C25H24N6O/c1-16-14-30(21-8-4-18(13-26)5-9-21)23-12-19(20-7-11-24(32)29(3)15-20)6-10-22(23)31(17(2)27)25(16)28/h4-12,15-16,27-28H,14H2,1-3H3/t16-/m1/s1. The van der Waals surface area contributed by atoms with Crippen molar-refractivity contribution in [2.24, 2.45) is 13.0 Å². The van der Waals surface area contributed by atoms with Crippen molar-refractivity contribution >= 4 is 28.7 Å². The first-order valence-electron chi connectivity index (χ1n) is 10.3. The average molecular weight is 425 g/mol. The second kappa shape index (κ2) is 8.16. The van der Waals surface area contributed by atoms with E-state index in [1.54, 1.807) is 53.9 Å². The molecule has 1 aliphatic rings. The van der Waals surface area contributed by atoms with Crippen molar-refractivity contribution in [3.63, 3.8) is 0 Å². The third kappa shape index (κ3) is 3.67. The number of aromatic nitrogens is 1. The van der Waals surface area contributed by atoms with Crippen molar-refractivity contribution in [2.45, 2.75) is 13.8 Å². The van der Waals surface area contributed by atoms with Gasteiger partial charge >= 0.3 is 0 Å². The van der Waals surface area contributed by atoms with Gasteiger partial charge in [0, 0.05) is 37.5 Å². The monoisotopic (exact) mass is 424 g/mol. The van der Waals surface area contributed by atoms with Crippen LogP contribution in [-0.4, -0.2) is 22.8 Å². The Kier molecular flexibility index (Phi) is 5.37. The molecule has 4 rings (SSSR count). The van der Waals surface area contributed by atoms with Crippen molar-refractivity contribution in [1.82, 2.24) is 4.57 Å². The van der Waals surface area contributed by atoms with Gasteiger partial charge in [-0.15, -0.1) is 0 Å². The summed E-state index contributed by atoms with van der Waals surface area (Å²) < 4.78 is 1.55. The Morgan fingerprint density at radius 1 is 1.06 bits per heavy atom. The zero-order valence-corrected chi connectivity index (χ0v) is 18.3. The Hall–Kier alpha value is -4.18. The molecule has 0 saturated heterocycles. The largest absolute Gasteiger partial charge is 0.339 e. The quantitative estimate of drug-likeness (QED) is 0.467. The van der Waals surface area contributed by atoms with E-state index in [4.69, 9.17) is 10.8 Å². The minimum absolute atomic E-state index is 0.0735. The van der Waals surface area contributed by atoms with Gasteiger partial charge in [-0.25, -0.2) is 0 Å². The highest BCUT2D eigenvalue weighted by molar-refractivity contribution is 6.19. The number of aryl methyl sites for hydroxylation is 1. The number of fused-ring (bicyclic) bond motifs is 1.